The molecule has 1 atom stereocenters. The standard InChI is InChI=1S/C7H13NO2.C2HF3O2/c1-10-7(9)4-6-2-3-8-5-6;3-2(4,5)1(6)7/h6,8H,2-5H2,1H3;(H,6,7)/t6-;/m0./s1. The Morgan fingerprint density at radius 1 is 1.47 bits per heavy atom. The van der Waals surface area contributed by atoms with E-state index in [0.717, 1.165) is 19.5 Å². The van der Waals surface area contributed by atoms with Gasteiger partial charge in [0.2, 0.25) is 0 Å². The van der Waals surface area contributed by atoms with Crippen molar-refractivity contribution in [2.75, 3.05) is 20.2 Å². The summed E-state index contributed by atoms with van der Waals surface area (Å²) in [4.78, 5) is 19.6. The van der Waals surface area contributed by atoms with E-state index in [1.807, 2.05) is 0 Å². The third-order valence-electron chi connectivity index (χ3n) is 2.09. The molecule has 0 aliphatic carbocycles. The van der Waals surface area contributed by atoms with Crippen LogP contribution < -0.4 is 5.32 Å². The number of carbonyl (C=O) groups is 2. The first-order valence-electron chi connectivity index (χ1n) is 4.85. The Hall–Kier alpha value is -1.31. The second kappa shape index (κ2) is 7.10. The van der Waals surface area contributed by atoms with Crippen LogP contribution in [0.15, 0.2) is 0 Å². The normalized spacial score (nSPS) is 19.2. The monoisotopic (exact) mass is 257 g/mol. The number of carboxylic acids is 1. The molecule has 0 aromatic rings. The zero-order chi connectivity index (χ0) is 13.5. The molecule has 8 heteroatoms. The number of hydrogen-bond acceptors (Lipinski definition) is 4. The van der Waals surface area contributed by atoms with Gasteiger partial charge >= 0.3 is 18.1 Å². The summed E-state index contributed by atoms with van der Waals surface area (Å²) in [6.45, 7) is 2.01. The van der Waals surface area contributed by atoms with Gasteiger partial charge in [-0.15, -0.1) is 0 Å². The van der Waals surface area contributed by atoms with E-state index < -0.39 is 12.1 Å². The van der Waals surface area contributed by atoms with Crippen LogP contribution in [0.4, 0.5) is 13.2 Å². The fraction of sp³-hybridized carbons (Fsp3) is 0.778. The van der Waals surface area contributed by atoms with Crippen LogP contribution in [0.3, 0.4) is 0 Å². The predicted octanol–water partition coefficient (Wildman–Crippen LogP) is 0.792. The molecule has 0 unspecified atom stereocenters. The van der Waals surface area contributed by atoms with Gasteiger partial charge in [0.1, 0.15) is 0 Å². The number of aliphatic carboxylic acids is 1. The Bertz CT molecular complexity index is 261. The number of hydrogen-bond donors (Lipinski definition) is 2. The second-order valence-corrected chi connectivity index (χ2v) is 3.44. The minimum Gasteiger partial charge on any atom is -0.475 e. The maximum absolute atomic E-state index is 10.7. The predicted molar refractivity (Wildman–Crippen MR) is 51.3 cm³/mol. The molecule has 0 radical (unpaired) electrons. The van der Waals surface area contributed by atoms with Gasteiger partial charge in [0.05, 0.1) is 7.11 Å². The molecule has 1 aliphatic heterocycles. The highest BCUT2D eigenvalue weighted by Crippen LogP contribution is 2.13. The van der Waals surface area contributed by atoms with Gasteiger partial charge in [-0.25, -0.2) is 4.79 Å². The lowest BCUT2D eigenvalue weighted by molar-refractivity contribution is -0.192. The molecular weight excluding hydrogens is 243 g/mol. The smallest absolute Gasteiger partial charge is 0.475 e. The number of methoxy groups -OCH3 is 1. The Morgan fingerprint density at radius 3 is 2.29 bits per heavy atom. The zero-order valence-electron chi connectivity index (χ0n) is 9.21. The summed E-state index contributed by atoms with van der Waals surface area (Å²) < 4.78 is 36.3. The molecule has 17 heavy (non-hydrogen) atoms. The first-order chi connectivity index (χ1) is 7.77. The second-order valence-electron chi connectivity index (χ2n) is 3.44. The largest absolute Gasteiger partial charge is 0.490 e. The Morgan fingerprint density at radius 2 is 2.00 bits per heavy atom. The average Bonchev–Trinajstić information content (AvgIpc) is 2.69. The van der Waals surface area contributed by atoms with Crippen LogP contribution in [0.25, 0.3) is 0 Å². The molecule has 100 valence electrons. The van der Waals surface area contributed by atoms with Gasteiger partial charge in [0, 0.05) is 6.42 Å². The van der Waals surface area contributed by atoms with Crippen LogP contribution in [0.1, 0.15) is 12.8 Å². The first-order valence-corrected chi connectivity index (χ1v) is 4.85. The first kappa shape index (κ1) is 15.7. The Labute approximate surface area is 95.9 Å². The van der Waals surface area contributed by atoms with Gasteiger partial charge in [-0.05, 0) is 25.4 Å². The molecule has 2 N–H and O–H groups in total. The van der Waals surface area contributed by atoms with Crippen molar-refractivity contribution in [3.05, 3.63) is 0 Å². The number of halogens is 3. The van der Waals surface area contributed by atoms with Crippen LogP contribution in [-0.4, -0.2) is 43.4 Å². The number of esters is 1. The van der Waals surface area contributed by atoms with Crippen LogP contribution in [0.2, 0.25) is 0 Å². The number of rotatable bonds is 2. The third kappa shape index (κ3) is 7.56. The number of carboxylic acid groups (broad SMARTS) is 1. The minimum atomic E-state index is -5.08. The van der Waals surface area contributed by atoms with Gasteiger partial charge in [0.25, 0.3) is 0 Å². The quantitative estimate of drug-likeness (QED) is 0.715. The molecule has 0 aromatic heterocycles. The molecule has 0 aromatic carbocycles. The number of nitrogens with one attached hydrogen (secondary N) is 1. The SMILES string of the molecule is COC(=O)C[C@@H]1CCNC1.O=C(O)C(F)(F)F. The van der Waals surface area contributed by atoms with Crippen molar-refractivity contribution < 1.29 is 32.6 Å². The molecule has 1 aliphatic rings. The van der Waals surface area contributed by atoms with Crippen molar-refractivity contribution in [2.45, 2.75) is 19.0 Å². The summed E-state index contributed by atoms with van der Waals surface area (Å²) in [7, 11) is 1.44. The van der Waals surface area contributed by atoms with Crippen molar-refractivity contribution in [3.63, 3.8) is 0 Å². The zero-order valence-corrected chi connectivity index (χ0v) is 9.21. The van der Waals surface area contributed by atoms with Gasteiger partial charge < -0.3 is 15.2 Å². The van der Waals surface area contributed by atoms with E-state index in [1.54, 1.807) is 0 Å². The Kier molecular flexibility index (Phi) is 6.55. The maximum Gasteiger partial charge on any atom is 0.490 e. The molecule has 0 saturated carbocycles. The van der Waals surface area contributed by atoms with Crippen molar-refractivity contribution in [1.82, 2.24) is 5.32 Å². The summed E-state index contributed by atoms with van der Waals surface area (Å²) >= 11 is 0. The van der Waals surface area contributed by atoms with Crippen LogP contribution >= 0.6 is 0 Å². The van der Waals surface area contributed by atoms with Crippen molar-refractivity contribution in [2.24, 2.45) is 5.92 Å². The van der Waals surface area contributed by atoms with Gasteiger partial charge in [0.15, 0.2) is 0 Å². The lowest BCUT2D eigenvalue weighted by Crippen LogP contribution is -2.21. The van der Waals surface area contributed by atoms with E-state index in [4.69, 9.17) is 9.90 Å². The molecule has 0 amide bonds. The van der Waals surface area contributed by atoms with Crippen LogP contribution in [0, 0.1) is 5.92 Å². The van der Waals surface area contributed by atoms with Crippen molar-refractivity contribution >= 4 is 11.9 Å². The maximum atomic E-state index is 10.7. The molecule has 1 rings (SSSR count). The third-order valence-corrected chi connectivity index (χ3v) is 2.09. The number of ether oxygens (including phenoxy) is 1. The van der Waals surface area contributed by atoms with E-state index >= 15 is 0 Å². The van der Waals surface area contributed by atoms with E-state index in [2.05, 4.69) is 10.1 Å². The lowest BCUT2D eigenvalue weighted by Gasteiger charge is -2.04. The number of alkyl halides is 3. The van der Waals surface area contributed by atoms with Crippen molar-refractivity contribution in [1.29, 1.82) is 0 Å². The van der Waals surface area contributed by atoms with Crippen molar-refractivity contribution in [3.8, 4) is 0 Å². The minimum absolute atomic E-state index is 0.0892. The van der Waals surface area contributed by atoms with E-state index in [-0.39, 0.29) is 5.97 Å². The fourth-order valence-corrected chi connectivity index (χ4v) is 1.21. The van der Waals surface area contributed by atoms with Gasteiger partial charge in [-0.2, -0.15) is 13.2 Å². The highest BCUT2D eigenvalue weighted by Gasteiger charge is 2.38. The van der Waals surface area contributed by atoms with Gasteiger partial charge in [-0.1, -0.05) is 0 Å². The summed E-state index contributed by atoms with van der Waals surface area (Å²) in [6.07, 6.45) is -3.40. The highest BCUT2D eigenvalue weighted by molar-refractivity contribution is 5.73. The molecular formula is C9H14F3NO4. The van der Waals surface area contributed by atoms with E-state index in [9.17, 15) is 18.0 Å². The molecule has 1 heterocycles. The molecule has 5 nitrogen and oxygen atoms in total. The van der Waals surface area contributed by atoms with E-state index in [0.29, 0.717) is 12.3 Å². The summed E-state index contributed by atoms with van der Waals surface area (Å²) in [5, 5.41) is 10.3. The topological polar surface area (TPSA) is 75.6 Å². The van der Waals surface area contributed by atoms with Crippen LogP contribution in [0.5, 0.6) is 0 Å². The lowest BCUT2D eigenvalue weighted by atomic mass is 10.1. The van der Waals surface area contributed by atoms with Gasteiger partial charge in [-0.3, -0.25) is 4.79 Å². The average molecular weight is 257 g/mol. The van der Waals surface area contributed by atoms with E-state index in [1.165, 1.54) is 7.11 Å². The highest BCUT2D eigenvalue weighted by atomic mass is 19.4. The molecule has 1 fully saturated rings. The van der Waals surface area contributed by atoms with Crippen LogP contribution in [-0.2, 0) is 14.3 Å². The molecule has 0 spiro atoms. The number of carbonyl (C=O) groups excluding carboxylic acids is 1. The summed E-state index contributed by atoms with van der Waals surface area (Å²) in [5.74, 6) is -2.34. The molecule has 1 saturated heterocycles. The fourth-order valence-electron chi connectivity index (χ4n) is 1.21. The Balaban J connectivity index is 0.000000325. The summed E-state index contributed by atoms with van der Waals surface area (Å²) in [6, 6.07) is 0. The summed E-state index contributed by atoms with van der Waals surface area (Å²) in [5.41, 5.74) is 0. The molecule has 0 bridgehead atoms.